The van der Waals surface area contributed by atoms with E-state index in [1.165, 1.54) is 17.1 Å². The molecule has 2 atom stereocenters. The molecule has 3 heterocycles. The van der Waals surface area contributed by atoms with Gasteiger partial charge in [0.15, 0.2) is 5.65 Å². The Labute approximate surface area is 202 Å². The number of benzene rings is 2. The Bertz CT molecular complexity index is 1410. The number of urea groups is 1. The summed E-state index contributed by atoms with van der Waals surface area (Å²) in [7, 11) is 1.73. The zero-order valence-electron chi connectivity index (χ0n) is 19.8. The Morgan fingerprint density at radius 2 is 1.86 bits per heavy atom. The van der Waals surface area contributed by atoms with Crippen LogP contribution in [0.5, 0.6) is 0 Å². The number of rotatable bonds is 4. The second-order valence-electron chi connectivity index (χ2n) is 9.26. The van der Waals surface area contributed by atoms with E-state index in [1.54, 1.807) is 16.6 Å². The number of anilines is 1. The van der Waals surface area contributed by atoms with Crippen molar-refractivity contribution in [2.45, 2.75) is 25.5 Å². The summed E-state index contributed by atoms with van der Waals surface area (Å²) in [5, 5.41) is 18.8. The number of carbonyl (C=O) groups excluding carboxylic acids is 1. The fraction of sp³-hybridized carbons (Fsp3) is 0.308. The minimum absolute atomic E-state index is 0.112. The second kappa shape index (κ2) is 8.99. The molecule has 35 heavy (non-hydrogen) atoms. The van der Waals surface area contributed by atoms with Gasteiger partial charge in [-0.05, 0) is 29.7 Å². The van der Waals surface area contributed by atoms with E-state index in [0.717, 1.165) is 11.1 Å². The molecule has 2 amide bonds. The molecular formula is C26H28N6O3. The van der Waals surface area contributed by atoms with Gasteiger partial charge in [0.05, 0.1) is 18.3 Å². The Morgan fingerprint density at radius 3 is 2.57 bits per heavy atom. The third kappa shape index (κ3) is 4.42. The largest absolute Gasteiger partial charge is 0.388 e. The summed E-state index contributed by atoms with van der Waals surface area (Å²) in [6.45, 7) is 2.77. The van der Waals surface area contributed by atoms with E-state index in [2.05, 4.69) is 15.4 Å². The first-order valence-electron chi connectivity index (χ1n) is 11.6. The van der Waals surface area contributed by atoms with E-state index >= 15 is 0 Å². The van der Waals surface area contributed by atoms with Crippen LogP contribution in [0.4, 0.5) is 10.5 Å². The Morgan fingerprint density at radius 1 is 1.14 bits per heavy atom. The van der Waals surface area contributed by atoms with Gasteiger partial charge >= 0.3 is 6.03 Å². The molecule has 1 saturated heterocycles. The number of likely N-dealkylation sites (tertiary alicyclic amines) is 1. The first-order chi connectivity index (χ1) is 16.8. The van der Waals surface area contributed by atoms with Gasteiger partial charge in [-0.25, -0.2) is 9.78 Å². The van der Waals surface area contributed by atoms with Gasteiger partial charge in [-0.1, -0.05) is 49.4 Å². The van der Waals surface area contributed by atoms with Gasteiger partial charge in [0, 0.05) is 31.7 Å². The molecule has 1 fully saturated rings. The molecule has 9 heteroatoms. The topological polar surface area (TPSA) is 105 Å². The standard InChI is InChI=1S/C26H28N6O3/c1-18-15-31(25(34)29-21-10-8-20(9-11-21)19-6-4-3-5-7-19)13-12-26(18,35)16-32-17-27-23-22(24(32)33)14-28-30(23)2/h3-11,14,17-18,35H,12-13,15-16H2,1-2H3,(H,29,34). The molecule has 2 aromatic carbocycles. The molecule has 9 nitrogen and oxygen atoms in total. The summed E-state index contributed by atoms with van der Waals surface area (Å²) in [6.07, 6.45) is 3.30. The third-order valence-electron chi connectivity index (χ3n) is 6.92. The number of aliphatic hydroxyl groups is 1. The molecule has 180 valence electrons. The highest BCUT2D eigenvalue weighted by Gasteiger charge is 2.40. The molecule has 0 radical (unpaired) electrons. The normalized spacial score (nSPS) is 20.2. The van der Waals surface area contributed by atoms with Crippen LogP contribution in [-0.4, -0.2) is 54.1 Å². The summed E-state index contributed by atoms with van der Waals surface area (Å²) >= 11 is 0. The van der Waals surface area contributed by atoms with Gasteiger partial charge in [0.1, 0.15) is 11.7 Å². The number of nitrogens with one attached hydrogen (secondary N) is 1. The van der Waals surface area contributed by atoms with Crippen LogP contribution in [0.2, 0.25) is 0 Å². The Kier molecular flexibility index (Phi) is 5.86. The Balaban J connectivity index is 1.23. The molecule has 5 rings (SSSR count). The van der Waals surface area contributed by atoms with Crippen LogP contribution in [0.25, 0.3) is 22.2 Å². The smallest absolute Gasteiger partial charge is 0.321 e. The first kappa shape index (κ1) is 22.8. The number of hydrogen-bond acceptors (Lipinski definition) is 5. The van der Waals surface area contributed by atoms with Gasteiger partial charge in [-0.15, -0.1) is 0 Å². The molecule has 2 unspecified atom stereocenters. The van der Waals surface area contributed by atoms with Crippen LogP contribution in [0.1, 0.15) is 13.3 Å². The highest BCUT2D eigenvalue weighted by Crippen LogP contribution is 2.30. The van der Waals surface area contributed by atoms with Crippen LogP contribution in [0.3, 0.4) is 0 Å². The van der Waals surface area contributed by atoms with E-state index < -0.39 is 5.60 Å². The number of aryl methyl sites for hydroxylation is 1. The van der Waals surface area contributed by atoms with Crippen molar-refractivity contribution in [1.29, 1.82) is 0 Å². The van der Waals surface area contributed by atoms with Crippen molar-refractivity contribution < 1.29 is 9.90 Å². The number of piperidine rings is 1. The monoisotopic (exact) mass is 472 g/mol. The average Bonchev–Trinajstić information content (AvgIpc) is 3.25. The van der Waals surface area contributed by atoms with Crippen molar-refractivity contribution in [1.82, 2.24) is 24.2 Å². The summed E-state index contributed by atoms with van der Waals surface area (Å²) in [6, 6.07) is 17.6. The van der Waals surface area contributed by atoms with E-state index in [0.29, 0.717) is 36.2 Å². The van der Waals surface area contributed by atoms with Gasteiger partial charge in [0.2, 0.25) is 0 Å². The quantitative estimate of drug-likeness (QED) is 0.475. The van der Waals surface area contributed by atoms with Crippen molar-refractivity contribution >= 4 is 22.8 Å². The molecule has 2 N–H and O–H groups in total. The van der Waals surface area contributed by atoms with Gasteiger partial charge in [-0.3, -0.25) is 14.0 Å². The summed E-state index contributed by atoms with van der Waals surface area (Å²) in [4.78, 5) is 31.8. The highest BCUT2D eigenvalue weighted by atomic mass is 16.3. The van der Waals surface area contributed by atoms with Crippen molar-refractivity contribution in [2.24, 2.45) is 13.0 Å². The van der Waals surface area contributed by atoms with Crippen molar-refractivity contribution in [3.63, 3.8) is 0 Å². The maximum Gasteiger partial charge on any atom is 0.321 e. The number of aromatic nitrogens is 4. The molecule has 0 spiro atoms. The summed E-state index contributed by atoms with van der Waals surface area (Å²) < 4.78 is 2.98. The van der Waals surface area contributed by atoms with E-state index in [4.69, 9.17) is 0 Å². The van der Waals surface area contributed by atoms with Crippen LogP contribution in [0.15, 0.2) is 71.9 Å². The fourth-order valence-corrected chi connectivity index (χ4v) is 4.64. The molecule has 1 aliphatic heterocycles. The van der Waals surface area contributed by atoms with Crippen LogP contribution in [0, 0.1) is 5.92 Å². The van der Waals surface area contributed by atoms with E-state index in [9.17, 15) is 14.7 Å². The van der Waals surface area contributed by atoms with Crippen LogP contribution >= 0.6 is 0 Å². The molecular weight excluding hydrogens is 444 g/mol. The lowest BCUT2D eigenvalue weighted by Gasteiger charge is -2.43. The lowest BCUT2D eigenvalue weighted by atomic mass is 9.82. The predicted molar refractivity (Wildman–Crippen MR) is 134 cm³/mol. The van der Waals surface area contributed by atoms with Gasteiger partial charge in [-0.2, -0.15) is 5.10 Å². The highest BCUT2D eigenvalue weighted by molar-refractivity contribution is 5.89. The predicted octanol–water partition coefficient (Wildman–Crippen LogP) is 3.10. The summed E-state index contributed by atoms with van der Waals surface area (Å²) in [5.41, 5.74) is 2.05. The van der Waals surface area contributed by atoms with Crippen molar-refractivity contribution in [3.8, 4) is 11.1 Å². The number of nitrogens with zero attached hydrogens (tertiary/aromatic N) is 5. The van der Waals surface area contributed by atoms with Crippen molar-refractivity contribution in [2.75, 3.05) is 18.4 Å². The molecule has 0 aliphatic carbocycles. The maximum absolute atomic E-state index is 12.9. The number of carbonyl (C=O) groups is 1. The van der Waals surface area contributed by atoms with E-state index in [1.807, 2.05) is 61.5 Å². The number of amides is 2. The van der Waals surface area contributed by atoms with Crippen molar-refractivity contribution in [3.05, 3.63) is 77.5 Å². The second-order valence-corrected chi connectivity index (χ2v) is 9.26. The number of hydrogen-bond donors (Lipinski definition) is 2. The molecule has 0 bridgehead atoms. The minimum atomic E-state index is -1.13. The maximum atomic E-state index is 12.9. The third-order valence-corrected chi connectivity index (χ3v) is 6.92. The van der Waals surface area contributed by atoms with Crippen LogP contribution in [-0.2, 0) is 13.6 Å². The molecule has 2 aromatic heterocycles. The fourth-order valence-electron chi connectivity index (χ4n) is 4.64. The van der Waals surface area contributed by atoms with Gasteiger partial charge in [0.25, 0.3) is 5.56 Å². The lowest BCUT2D eigenvalue weighted by molar-refractivity contribution is -0.0680. The van der Waals surface area contributed by atoms with Crippen LogP contribution < -0.4 is 10.9 Å². The molecule has 1 aliphatic rings. The van der Waals surface area contributed by atoms with E-state index in [-0.39, 0.29) is 24.1 Å². The average molecular weight is 473 g/mol. The SMILES string of the molecule is CC1CN(C(=O)Nc2ccc(-c3ccccc3)cc2)CCC1(O)Cn1cnc2c(cnn2C)c1=O. The first-order valence-corrected chi connectivity index (χ1v) is 11.6. The van der Waals surface area contributed by atoms with Gasteiger partial charge < -0.3 is 15.3 Å². The molecule has 0 saturated carbocycles. The lowest BCUT2D eigenvalue weighted by Crippen LogP contribution is -2.55. The number of fused-ring (bicyclic) bond motifs is 1. The zero-order valence-corrected chi connectivity index (χ0v) is 19.8. The minimum Gasteiger partial charge on any atom is -0.388 e. The summed E-state index contributed by atoms with van der Waals surface area (Å²) in [5.74, 6) is -0.237. The zero-order chi connectivity index (χ0) is 24.6. The molecule has 4 aromatic rings. The Hall–Kier alpha value is -3.98.